The van der Waals surface area contributed by atoms with Crippen LogP contribution in [0, 0.1) is 26.7 Å². The fraction of sp³-hybridized carbons (Fsp3) is 0.625. The van der Waals surface area contributed by atoms with Gasteiger partial charge in [-0.05, 0) is 62.6 Å². The van der Waals surface area contributed by atoms with Gasteiger partial charge in [-0.2, -0.15) is 0 Å². The molecule has 19 heavy (non-hydrogen) atoms. The third-order valence-electron chi connectivity index (χ3n) is 4.18. The first-order valence-electron chi connectivity index (χ1n) is 6.94. The first kappa shape index (κ1) is 16.0. The molecule has 0 aliphatic carbocycles. The highest BCUT2D eigenvalue weighted by Crippen LogP contribution is 2.35. The quantitative estimate of drug-likeness (QED) is 0.831. The second-order valence-electron chi connectivity index (χ2n) is 5.18. The van der Waals surface area contributed by atoms with Crippen molar-refractivity contribution >= 4 is 0 Å². The monoisotopic (exact) mass is 265 g/mol. The molecule has 0 radical (unpaired) electrons. The van der Waals surface area contributed by atoms with Crippen LogP contribution >= 0.6 is 0 Å². The van der Waals surface area contributed by atoms with Crippen molar-refractivity contribution in [1.82, 2.24) is 5.32 Å². The van der Waals surface area contributed by atoms with Crippen LogP contribution in [-0.4, -0.2) is 25.9 Å². The topological polar surface area (TPSA) is 41.5 Å². The van der Waals surface area contributed by atoms with E-state index < -0.39 is 0 Å². The molecule has 1 aromatic rings. The number of hydrogen-bond acceptors (Lipinski definition) is 3. The maximum atomic E-state index is 9.58. The molecular formula is C16H27NO2. The van der Waals surface area contributed by atoms with E-state index in [9.17, 15) is 5.11 Å². The number of aliphatic hydroxyl groups excluding tert-OH is 1. The Morgan fingerprint density at radius 2 is 1.89 bits per heavy atom. The molecule has 1 rings (SSSR count). The first-order chi connectivity index (χ1) is 9.01. The zero-order valence-corrected chi connectivity index (χ0v) is 13.0. The van der Waals surface area contributed by atoms with Crippen LogP contribution in [0.1, 0.15) is 41.6 Å². The average Bonchev–Trinajstić information content (AvgIpc) is 2.42. The summed E-state index contributed by atoms with van der Waals surface area (Å²) in [6.45, 7) is 8.65. The van der Waals surface area contributed by atoms with Crippen molar-refractivity contribution in [2.24, 2.45) is 5.92 Å². The fourth-order valence-corrected chi connectivity index (χ4v) is 2.84. The van der Waals surface area contributed by atoms with Crippen LogP contribution in [0.2, 0.25) is 0 Å². The first-order valence-corrected chi connectivity index (χ1v) is 6.94. The van der Waals surface area contributed by atoms with Crippen molar-refractivity contribution in [1.29, 1.82) is 0 Å². The third-order valence-corrected chi connectivity index (χ3v) is 4.18. The van der Waals surface area contributed by atoms with Gasteiger partial charge in [-0.25, -0.2) is 0 Å². The summed E-state index contributed by atoms with van der Waals surface area (Å²) < 4.78 is 5.42. The second-order valence-corrected chi connectivity index (χ2v) is 5.18. The lowest BCUT2D eigenvalue weighted by Crippen LogP contribution is -2.29. The molecule has 0 saturated carbocycles. The Labute approximate surface area is 117 Å². The Kier molecular flexibility index (Phi) is 5.83. The molecule has 0 fully saturated rings. The molecule has 2 N–H and O–H groups in total. The van der Waals surface area contributed by atoms with Crippen molar-refractivity contribution in [3.8, 4) is 5.75 Å². The number of rotatable bonds is 6. The van der Waals surface area contributed by atoms with Crippen molar-refractivity contribution in [3.05, 3.63) is 28.3 Å². The SMILES string of the molecule is CCC(CO)C(NC)c1c(C)cc(OC)c(C)c1C. The van der Waals surface area contributed by atoms with Gasteiger partial charge in [0.05, 0.1) is 7.11 Å². The molecule has 2 atom stereocenters. The zero-order valence-electron chi connectivity index (χ0n) is 13.0. The minimum absolute atomic E-state index is 0.180. The molecule has 0 heterocycles. The van der Waals surface area contributed by atoms with E-state index in [1.807, 2.05) is 7.05 Å². The summed E-state index contributed by atoms with van der Waals surface area (Å²) in [4.78, 5) is 0. The molecule has 0 saturated heterocycles. The van der Waals surface area contributed by atoms with Crippen molar-refractivity contribution in [3.63, 3.8) is 0 Å². The van der Waals surface area contributed by atoms with Crippen LogP contribution < -0.4 is 10.1 Å². The predicted molar refractivity (Wildman–Crippen MR) is 79.9 cm³/mol. The number of aryl methyl sites for hydroxylation is 1. The molecule has 0 spiro atoms. The fourth-order valence-electron chi connectivity index (χ4n) is 2.84. The third kappa shape index (κ3) is 3.10. The summed E-state index contributed by atoms with van der Waals surface area (Å²) in [5.74, 6) is 1.17. The number of nitrogens with one attached hydrogen (secondary N) is 1. The molecule has 3 nitrogen and oxygen atoms in total. The Morgan fingerprint density at radius 3 is 2.32 bits per heavy atom. The number of aliphatic hydroxyl groups is 1. The molecule has 1 aromatic carbocycles. The Morgan fingerprint density at radius 1 is 1.26 bits per heavy atom. The molecule has 0 aromatic heterocycles. The Balaban J connectivity index is 3.36. The van der Waals surface area contributed by atoms with E-state index in [1.54, 1.807) is 7.11 Å². The normalized spacial score (nSPS) is 14.3. The van der Waals surface area contributed by atoms with Crippen LogP contribution in [0.3, 0.4) is 0 Å². The van der Waals surface area contributed by atoms with Gasteiger partial charge in [0, 0.05) is 18.6 Å². The van der Waals surface area contributed by atoms with E-state index >= 15 is 0 Å². The van der Waals surface area contributed by atoms with Gasteiger partial charge in [0.15, 0.2) is 0 Å². The molecule has 0 amide bonds. The summed E-state index contributed by atoms with van der Waals surface area (Å²) in [6, 6.07) is 2.27. The van der Waals surface area contributed by atoms with Crippen LogP contribution in [0.5, 0.6) is 5.75 Å². The van der Waals surface area contributed by atoms with E-state index in [-0.39, 0.29) is 18.6 Å². The maximum Gasteiger partial charge on any atom is 0.122 e. The van der Waals surface area contributed by atoms with E-state index in [0.29, 0.717) is 0 Å². The van der Waals surface area contributed by atoms with Gasteiger partial charge in [0.25, 0.3) is 0 Å². The summed E-state index contributed by atoms with van der Waals surface area (Å²) in [7, 11) is 3.67. The molecule has 0 bridgehead atoms. The van der Waals surface area contributed by atoms with Crippen LogP contribution in [-0.2, 0) is 0 Å². The van der Waals surface area contributed by atoms with Gasteiger partial charge in [0.1, 0.15) is 5.75 Å². The Bertz CT molecular complexity index is 425. The lowest BCUT2D eigenvalue weighted by atomic mass is 9.84. The van der Waals surface area contributed by atoms with E-state index in [1.165, 1.54) is 22.3 Å². The number of benzene rings is 1. The van der Waals surface area contributed by atoms with Gasteiger partial charge < -0.3 is 15.2 Å². The van der Waals surface area contributed by atoms with Crippen LogP contribution in [0.4, 0.5) is 0 Å². The number of methoxy groups -OCH3 is 1. The molecule has 2 unspecified atom stereocenters. The molecule has 108 valence electrons. The van der Waals surface area contributed by atoms with Crippen molar-refractivity contribution in [2.45, 2.75) is 40.2 Å². The number of hydrogen-bond donors (Lipinski definition) is 2. The van der Waals surface area contributed by atoms with Crippen LogP contribution in [0.25, 0.3) is 0 Å². The highest BCUT2D eigenvalue weighted by Gasteiger charge is 2.24. The van der Waals surface area contributed by atoms with Gasteiger partial charge in [0.2, 0.25) is 0 Å². The van der Waals surface area contributed by atoms with E-state index in [4.69, 9.17) is 4.74 Å². The summed E-state index contributed by atoms with van der Waals surface area (Å²) in [5, 5.41) is 12.9. The highest BCUT2D eigenvalue weighted by atomic mass is 16.5. The second kappa shape index (κ2) is 6.92. The zero-order chi connectivity index (χ0) is 14.6. The Hall–Kier alpha value is -1.06. The predicted octanol–water partition coefficient (Wildman–Crippen LogP) is 2.90. The van der Waals surface area contributed by atoms with Gasteiger partial charge in [-0.3, -0.25) is 0 Å². The molecule has 3 heteroatoms. The number of ether oxygens (including phenoxy) is 1. The maximum absolute atomic E-state index is 9.58. The molecular weight excluding hydrogens is 238 g/mol. The van der Waals surface area contributed by atoms with Gasteiger partial charge in [-0.1, -0.05) is 6.92 Å². The summed E-state index contributed by atoms with van der Waals surface area (Å²) in [6.07, 6.45) is 0.950. The lowest BCUT2D eigenvalue weighted by molar-refractivity contribution is 0.188. The minimum atomic E-state index is 0.180. The van der Waals surface area contributed by atoms with Crippen molar-refractivity contribution in [2.75, 3.05) is 20.8 Å². The van der Waals surface area contributed by atoms with Crippen LogP contribution in [0.15, 0.2) is 6.07 Å². The molecule has 0 aliphatic rings. The largest absolute Gasteiger partial charge is 0.496 e. The van der Waals surface area contributed by atoms with Gasteiger partial charge in [-0.15, -0.1) is 0 Å². The lowest BCUT2D eigenvalue weighted by Gasteiger charge is -2.29. The van der Waals surface area contributed by atoms with E-state index in [0.717, 1.165) is 12.2 Å². The van der Waals surface area contributed by atoms with Crippen molar-refractivity contribution < 1.29 is 9.84 Å². The smallest absolute Gasteiger partial charge is 0.122 e. The van der Waals surface area contributed by atoms with Gasteiger partial charge >= 0.3 is 0 Å². The summed E-state index contributed by atoms with van der Waals surface area (Å²) >= 11 is 0. The minimum Gasteiger partial charge on any atom is -0.496 e. The summed E-state index contributed by atoms with van der Waals surface area (Å²) in [5.41, 5.74) is 4.94. The molecule has 0 aliphatic heterocycles. The highest BCUT2D eigenvalue weighted by molar-refractivity contribution is 5.49. The standard InChI is InChI=1S/C16H27NO2/c1-7-13(9-18)16(17-5)15-10(2)8-14(19-6)11(3)12(15)4/h8,13,16-18H,7,9H2,1-6H3. The van der Waals surface area contributed by atoms with E-state index in [2.05, 4.69) is 39.1 Å². The average molecular weight is 265 g/mol.